The summed E-state index contributed by atoms with van der Waals surface area (Å²) in [5, 5.41) is 15.9. The quantitative estimate of drug-likeness (QED) is 0.663. The third-order valence-electron chi connectivity index (χ3n) is 2.69. The van der Waals surface area contributed by atoms with Gasteiger partial charge >= 0.3 is 5.69 Å². The van der Waals surface area contributed by atoms with Gasteiger partial charge in [0.1, 0.15) is 5.69 Å². The smallest absolute Gasteiger partial charge is 0.332 e. The van der Waals surface area contributed by atoms with Crippen molar-refractivity contribution in [3.05, 3.63) is 32.4 Å². The molecule has 2 heterocycles. The lowest BCUT2D eigenvalue weighted by atomic mass is 10.3. The van der Waals surface area contributed by atoms with Crippen LogP contribution in [0.3, 0.4) is 0 Å². The van der Waals surface area contributed by atoms with Gasteiger partial charge in [0.2, 0.25) is 11.8 Å². The van der Waals surface area contributed by atoms with Gasteiger partial charge in [-0.25, -0.2) is 9.97 Å². The summed E-state index contributed by atoms with van der Waals surface area (Å²) in [7, 11) is 3.42. The zero-order valence-electron chi connectivity index (χ0n) is 11.3. The predicted octanol–water partition coefficient (Wildman–Crippen LogP) is 1.83. The topological polar surface area (TPSA) is 97.1 Å². The summed E-state index contributed by atoms with van der Waals surface area (Å²) >= 11 is 1.48. The second-order valence-corrected chi connectivity index (χ2v) is 4.87. The third kappa shape index (κ3) is 2.82. The average molecular weight is 294 g/mol. The lowest BCUT2D eigenvalue weighted by Gasteiger charge is -2.18. The van der Waals surface area contributed by atoms with E-state index in [0.717, 1.165) is 5.69 Å². The Morgan fingerprint density at radius 3 is 2.80 bits per heavy atom. The van der Waals surface area contributed by atoms with Gasteiger partial charge in [0.05, 0.1) is 22.7 Å². The molecule has 2 aromatic rings. The molecule has 0 spiro atoms. The maximum Gasteiger partial charge on any atom is 0.332 e. The average Bonchev–Trinajstić information content (AvgIpc) is 2.89. The van der Waals surface area contributed by atoms with Crippen LogP contribution in [0.1, 0.15) is 11.4 Å². The van der Waals surface area contributed by atoms with E-state index in [0.29, 0.717) is 18.2 Å². The maximum absolute atomic E-state index is 11.2. The van der Waals surface area contributed by atoms with E-state index >= 15 is 0 Å². The van der Waals surface area contributed by atoms with Crippen LogP contribution >= 0.6 is 11.3 Å². The Morgan fingerprint density at radius 1 is 1.50 bits per heavy atom. The van der Waals surface area contributed by atoms with Crippen molar-refractivity contribution in [2.75, 3.05) is 24.3 Å². The van der Waals surface area contributed by atoms with Crippen molar-refractivity contribution in [2.24, 2.45) is 0 Å². The SMILES string of the molecule is CNc1nc(C)c([N+](=O)[O-])c(N(C)Cc2cscn2)n1. The highest BCUT2D eigenvalue weighted by molar-refractivity contribution is 7.07. The van der Waals surface area contributed by atoms with Gasteiger partial charge in [-0.15, -0.1) is 11.3 Å². The van der Waals surface area contributed by atoms with Gasteiger partial charge in [-0.2, -0.15) is 4.98 Å². The molecule has 0 saturated carbocycles. The van der Waals surface area contributed by atoms with Crippen LogP contribution in [-0.2, 0) is 6.54 Å². The van der Waals surface area contributed by atoms with Crippen LogP contribution in [0.4, 0.5) is 17.5 Å². The molecule has 9 heteroatoms. The van der Waals surface area contributed by atoms with Crippen molar-refractivity contribution in [2.45, 2.75) is 13.5 Å². The van der Waals surface area contributed by atoms with Crippen LogP contribution in [0.15, 0.2) is 10.9 Å². The molecule has 0 radical (unpaired) electrons. The molecule has 0 fully saturated rings. The molecule has 106 valence electrons. The third-order valence-corrected chi connectivity index (χ3v) is 3.33. The van der Waals surface area contributed by atoms with E-state index in [1.165, 1.54) is 11.3 Å². The summed E-state index contributed by atoms with van der Waals surface area (Å²) in [5.74, 6) is 0.632. The minimum Gasteiger partial charge on any atom is -0.357 e. The number of hydrogen-bond acceptors (Lipinski definition) is 8. The van der Waals surface area contributed by atoms with E-state index in [1.807, 2.05) is 5.38 Å². The molecule has 2 aromatic heterocycles. The molecule has 0 aliphatic rings. The number of nitrogens with one attached hydrogen (secondary N) is 1. The van der Waals surface area contributed by atoms with Crippen molar-refractivity contribution >= 4 is 28.8 Å². The number of aryl methyl sites for hydroxylation is 1. The van der Waals surface area contributed by atoms with Crippen molar-refractivity contribution in [3.63, 3.8) is 0 Å². The summed E-state index contributed by atoms with van der Waals surface area (Å²) in [5.41, 5.74) is 2.81. The first-order valence-electron chi connectivity index (χ1n) is 5.82. The first-order valence-corrected chi connectivity index (χ1v) is 6.76. The lowest BCUT2D eigenvalue weighted by Crippen LogP contribution is -2.21. The van der Waals surface area contributed by atoms with Crippen LogP contribution in [0.25, 0.3) is 0 Å². The number of aromatic nitrogens is 3. The fourth-order valence-electron chi connectivity index (χ4n) is 1.78. The molecule has 0 amide bonds. The van der Waals surface area contributed by atoms with Gasteiger partial charge in [-0.1, -0.05) is 0 Å². The Kier molecular flexibility index (Phi) is 4.08. The number of thiazole rings is 1. The normalized spacial score (nSPS) is 10.3. The molecule has 0 aromatic carbocycles. The molecule has 8 nitrogen and oxygen atoms in total. The van der Waals surface area contributed by atoms with E-state index in [4.69, 9.17) is 0 Å². The maximum atomic E-state index is 11.2. The van der Waals surface area contributed by atoms with E-state index in [2.05, 4.69) is 20.3 Å². The minimum atomic E-state index is -0.457. The Bertz CT molecular complexity index is 616. The van der Waals surface area contributed by atoms with Gasteiger partial charge in [-0.05, 0) is 6.92 Å². The summed E-state index contributed by atoms with van der Waals surface area (Å²) in [6.07, 6.45) is 0. The standard InChI is InChI=1S/C11H14N6O2S/c1-7-9(17(18)19)10(15-11(12-2)14-7)16(3)4-8-5-20-6-13-8/h5-6H,4H2,1-3H3,(H,12,14,15). The number of nitro groups is 1. The molecule has 0 bridgehead atoms. The first-order chi connectivity index (χ1) is 9.52. The molecular formula is C11H14N6O2S. The highest BCUT2D eigenvalue weighted by atomic mass is 32.1. The number of nitrogens with zero attached hydrogens (tertiary/aromatic N) is 5. The largest absolute Gasteiger partial charge is 0.357 e. The fourth-order valence-corrected chi connectivity index (χ4v) is 2.33. The van der Waals surface area contributed by atoms with E-state index in [-0.39, 0.29) is 11.5 Å². The molecule has 0 unspecified atom stereocenters. The Hall–Kier alpha value is -2.29. The predicted molar refractivity (Wildman–Crippen MR) is 77.2 cm³/mol. The number of hydrogen-bond donors (Lipinski definition) is 1. The Labute approximate surface area is 119 Å². The summed E-state index contributed by atoms with van der Waals surface area (Å²) in [6.45, 7) is 2.05. The van der Waals surface area contributed by atoms with Crippen molar-refractivity contribution in [1.29, 1.82) is 0 Å². The van der Waals surface area contributed by atoms with Crippen molar-refractivity contribution in [1.82, 2.24) is 15.0 Å². The minimum absolute atomic E-state index is 0.0817. The number of rotatable bonds is 5. The zero-order valence-corrected chi connectivity index (χ0v) is 12.1. The van der Waals surface area contributed by atoms with Crippen LogP contribution in [-0.4, -0.2) is 34.0 Å². The number of anilines is 2. The molecule has 0 atom stereocenters. The van der Waals surface area contributed by atoms with Crippen LogP contribution in [0.5, 0.6) is 0 Å². The van der Waals surface area contributed by atoms with Crippen LogP contribution in [0, 0.1) is 17.0 Å². The molecule has 0 saturated heterocycles. The van der Waals surface area contributed by atoms with Gasteiger partial charge < -0.3 is 10.2 Å². The van der Waals surface area contributed by atoms with E-state index < -0.39 is 4.92 Å². The fraction of sp³-hybridized carbons (Fsp3) is 0.364. The van der Waals surface area contributed by atoms with Gasteiger partial charge in [0, 0.05) is 19.5 Å². The Morgan fingerprint density at radius 2 is 2.25 bits per heavy atom. The second kappa shape index (κ2) is 5.78. The van der Waals surface area contributed by atoms with Crippen molar-refractivity contribution < 1.29 is 4.92 Å². The molecule has 20 heavy (non-hydrogen) atoms. The second-order valence-electron chi connectivity index (χ2n) is 4.15. The van der Waals surface area contributed by atoms with E-state index in [1.54, 1.807) is 31.4 Å². The monoisotopic (exact) mass is 294 g/mol. The molecule has 0 aliphatic heterocycles. The molecular weight excluding hydrogens is 280 g/mol. The summed E-state index contributed by atoms with van der Waals surface area (Å²) in [4.78, 5) is 24.9. The lowest BCUT2D eigenvalue weighted by molar-refractivity contribution is -0.385. The zero-order chi connectivity index (χ0) is 14.7. The highest BCUT2D eigenvalue weighted by Gasteiger charge is 2.24. The Balaban J connectivity index is 2.42. The first kappa shape index (κ1) is 14.1. The van der Waals surface area contributed by atoms with Crippen molar-refractivity contribution in [3.8, 4) is 0 Å². The highest BCUT2D eigenvalue weighted by Crippen LogP contribution is 2.29. The summed E-state index contributed by atoms with van der Waals surface area (Å²) < 4.78 is 0. The van der Waals surface area contributed by atoms with Gasteiger partial charge in [0.15, 0.2) is 0 Å². The van der Waals surface area contributed by atoms with E-state index in [9.17, 15) is 10.1 Å². The molecule has 0 aliphatic carbocycles. The van der Waals surface area contributed by atoms with Crippen LogP contribution in [0.2, 0.25) is 0 Å². The van der Waals surface area contributed by atoms with Gasteiger partial charge in [0.25, 0.3) is 0 Å². The molecule has 1 N–H and O–H groups in total. The summed E-state index contributed by atoms with van der Waals surface area (Å²) in [6, 6.07) is 0. The van der Waals surface area contributed by atoms with Gasteiger partial charge in [-0.3, -0.25) is 10.1 Å². The van der Waals surface area contributed by atoms with Crippen LogP contribution < -0.4 is 10.2 Å². The molecule has 2 rings (SSSR count).